The van der Waals surface area contributed by atoms with Crippen molar-refractivity contribution < 1.29 is 15.0 Å². The predicted octanol–water partition coefficient (Wildman–Crippen LogP) is 0.0933. The summed E-state index contributed by atoms with van der Waals surface area (Å²) in [6.07, 6.45) is 1.14. The lowest BCUT2D eigenvalue weighted by Gasteiger charge is -2.18. The lowest BCUT2D eigenvalue weighted by atomic mass is 10.0. The molecule has 0 saturated carbocycles. The van der Waals surface area contributed by atoms with E-state index in [9.17, 15) is 15.0 Å². The number of hydrogen-bond donors (Lipinski definition) is 4. The normalized spacial score (nSPS) is 14.4. The Balaban J connectivity index is 2.19. The van der Waals surface area contributed by atoms with Crippen LogP contribution in [0.25, 0.3) is 11.0 Å². The number of aromatic amines is 1. The third kappa shape index (κ3) is 2.49. The molecular formula is C12H15N3O3. The van der Waals surface area contributed by atoms with Crippen LogP contribution in [-0.2, 0) is 4.79 Å². The van der Waals surface area contributed by atoms with E-state index in [1.165, 1.54) is 6.92 Å². The molecule has 0 aliphatic heterocycles. The summed E-state index contributed by atoms with van der Waals surface area (Å²) in [5.74, 6) is -0.247. The van der Waals surface area contributed by atoms with E-state index in [4.69, 9.17) is 0 Å². The van der Waals surface area contributed by atoms with Crippen LogP contribution in [-0.4, -0.2) is 38.7 Å². The van der Waals surface area contributed by atoms with E-state index in [2.05, 4.69) is 15.3 Å². The summed E-state index contributed by atoms with van der Waals surface area (Å²) in [6, 6.07) is 3.43. The van der Waals surface area contributed by atoms with Gasteiger partial charge in [-0.2, -0.15) is 0 Å². The first-order valence-corrected chi connectivity index (χ1v) is 5.62. The number of nitrogens with zero attached hydrogens (tertiary/aromatic N) is 1. The number of nitrogens with one attached hydrogen (secondary N) is 2. The average molecular weight is 249 g/mol. The minimum Gasteiger partial charge on any atom is -0.388 e. The van der Waals surface area contributed by atoms with Crippen LogP contribution in [0.2, 0.25) is 0 Å². The van der Waals surface area contributed by atoms with Crippen molar-refractivity contribution in [3.05, 3.63) is 30.1 Å². The van der Waals surface area contributed by atoms with Crippen LogP contribution in [0.4, 0.5) is 0 Å². The molecule has 2 rings (SSSR count). The van der Waals surface area contributed by atoms with Crippen molar-refractivity contribution >= 4 is 16.9 Å². The molecule has 0 radical (unpaired) electrons. The molecule has 0 saturated heterocycles. The second-order valence-corrected chi connectivity index (χ2v) is 4.09. The number of carbonyl (C=O) groups excluding carboxylic acids is 1. The second-order valence-electron chi connectivity index (χ2n) is 4.09. The number of hydrogen-bond acceptors (Lipinski definition) is 4. The lowest BCUT2D eigenvalue weighted by molar-refractivity contribution is -0.119. The van der Waals surface area contributed by atoms with E-state index in [-0.39, 0.29) is 12.5 Å². The van der Waals surface area contributed by atoms with Crippen LogP contribution >= 0.6 is 0 Å². The van der Waals surface area contributed by atoms with Crippen molar-refractivity contribution in [2.24, 2.45) is 0 Å². The summed E-state index contributed by atoms with van der Waals surface area (Å²) in [7, 11) is 0. The molecule has 0 aromatic carbocycles. The molecule has 2 aromatic rings. The van der Waals surface area contributed by atoms with Crippen molar-refractivity contribution in [1.29, 1.82) is 0 Å². The van der Waals surface area contributed by atoms with Crippen molar-refractivity contribution in [3.63, 3.8) is 0 Å². The van der Waals surface area contributed by atoms with Gasteiger partial charge >= 0.3 is 0 Å². The first kappa shape index (κ1) is 12.5. The summed E-state index contributed by atoms with van der Waals surface area (Å²) < 4.78 is 0. The zero-order valence-electron chi connectivity index (χ0n) is 9.92. The largest absolute Gasteiger partial charge is 0.388 e. The fourth-order valence-electron chi connectivity index (χ4n) is 1.81. The number of carbonyl (C=O) groups is 1. The molecule has 0 bridgehead atoms. The van der Waals surface area contributed by atoms with E-state index in [0.29, 0.717) is 11.2 Å². The SMILES string of the molecule is CC(=O)NCC(O)C(O)c1ccnc2[nH]ccc12. The van der Waals surface area contributed by atoms with Crippen molar-refractivity contribution in [3.8, 4) is 0 Å². The molecule has 0 spiro atoms. The molecule has 4 N–H and O–H groups in total. The summed E-state index contributed by atoms with van der Waals surface area (Å²) in [6.45, 7) is 1.36. The number of pyridine rings is 1. The Morgan fingerprint density at radius 1 is 1.50 bits per heavy atom. The molecule has 96 valence electrons. The summed E-state index contributed by atoms with van der Waals surface area (Å²) in [5.41, 5.74) is 1.23. The van der Waals surface area contributed by atoms with Gasteiger partial charge in [0.1, 0.15) is 17.9 Å². The Morgan fingerprint density at radius 3 is 3.00 bits per heavy atom. The Hall–Kier alpha value is -1.92. The van der Waals surface area contributed by atoms with Crippen molar-refractivity contribution in [2.75, 3.05) is 6.54 Å². The molecule has 0 fully saturated rings. The number of aliphatic hydroxyl groups excluding tert-OH is 2. The van der Waals surface area contributed by atoms with Gasteiger partial charge in [-0.25, -0.2) is 4.98 Å². The molecule has 18 heavy (non-hydrogen) atoms. The molecule has 6 nitrogen and oxygen atoms in total. The maximum absolute atomic E-state index is 10.8. The quantitative estimate of drug-likeness (QED) is 0.617. The number of aliphatic hydroxyl groups is 2. The van der Waals surface area contributed by atoms with E-state index in [1.54, 1.807) is 24.5 Å². The van der Waals surface area contributed by atoms with E-state index in [0.717, 1.165) is 5.39 Å². The molecule has 0 aliphatic carbocycles. The van der Waals surface area contributed by atoms with E-state index in [1.807, 2.05) is 0 Å². The van der Waals surface area contributed by atoms with Gasteiger partial charge in [0.25, 0.3) is 0 Å². The number of amides is 1. The van der Waals surface area contributed by atoms with E-state index >= 15 is 0 Å². The molecule has 0 aliphatic rings. The van der Waals surface area contributed by atoms with Gasteiger partial charge in [-0.3, -0.25) is 4.79 Å². The molecule has 2 aromatic heterocycles. The van der Waals surface area contributed by atoms with Gasteiger partial charge in [-0.1, -0.05) is 0 Å². The molecule has 2 heterocycles. The minimum absolute atomic E-state index is 0.00470. The van der Waals surface area contributed by atoms with Gasteiger partial charge < -0.3 is 20.5 Å². The highest BCUT2D eigenvalue weighted by atomic mass is 16.3. The highest BCUT2D eigenvalue weighted by Crippen LogP contribution is 2.24. The number of fused-ring (bicyclic) bond motifs is 1. The molecule has 1 amide bonds. The predicted molar refractivity (Wildman–Crippen MR) is 65.7 cm³/mol. The molecule has 2 atom stereocenters. The Labute approximate surface area is 104 Å². The number of rotatable bonds is 4. The van der Waals surface area contributed by atoms with Crippen LogP contribution in [0.15, 0.2) is 24.5 Å². The Morgan fingerprint density at radius 2 is 2.28 bits per heavy atom. The van der Waals surface area contributed by atoms with Gasteiger partial charge in [-0.15, -0.1) is 0 Å². The average Bonchev–Trinajstić information content (AvgIpc) is 2.82. The topological polar surface area (TPSA) is 98.2 Å². The third-order valence-corrected chi connectivity index (χ3v) is 2.74. The summed E-state index contributed by atoms with van der Waals surface area (Å²) in [5, 5.41) is 23.1. The highest BCUT2D eigenvalue weighted by molar-refractivity contribution is 5.79. The Kier molecular flexibility index (Phi) is 3.59. The monoisotopic (exact) mass is 249 g/mol. The first-order valence-electron chi connectivity index (χ1n) is 5.62. The van der Waals surface area contributed by atoms with Gasteiger partial charge in [0.2, 0.25) is 5.91 Å². The highest BCUT2D eigenvalue weighted by Gasteiger charge is 2.20. The fourth-order valence-corrected chi connectivity index (χ4v) is 1.81. The first-order chi connectivity index (χ1) is 8.59. The zero-order chi connectivity index (χ0) is 13.1. The van der Waals surface area contributed by atoms with Crippen LogP contribution in [0, 0.1) is 0 Å². The second kappa shape index (κ2) is 5.16. The van der Waals surface area contributed by atoms with Gasteiger partial charge in [0.15, 0.2) is 0 Å². The van der Waals surface area contributed by atoms with Crippen molar-refractivity contribution in [2.45, 2.75) is 19.1 Å². The van der Waals surface area contributed by atoms with Crippen LogP contribution < -0.4 is 5.32 Å². The van der Waals surface area contributed by atoms with Crippen molar-refractivity contribution in [1.82, 2.24) is 15.3 Å². The van der Waals surface area contributed by atoms with Crippen LogP contribution in [0.1, 0.15) is 18.6 Å². The smallest absolute Gasteiger partial charge is 0.216 e. The number of aromatic nitrogens is 2. The fraction of sp³-hybridized carbons (Fsp3) is 0.333. The summed E-state index contributed by atoms with van der Waals surface area (Å²) in [4.78, 5) is 17.8. The van der Waals surface area contributed by atoms with E-state index < -0.39 is 12.2 Å². The third-order valence-electron chi connectivity index (χ3n) is 2.74. The van der Waals surface area contributed by atoms with Crippen LogP contribution in [0.3, 0.4) is 0 Å². The summed E-state index contributed by atoms with van der Waals surface area (Å²) >= 11 is 0. The molecular weight excluding hydrogens is 234 g/mol. The van der Waals surface area contributed by atoms with Gasteiger partial charge in [0, 0.05) is 31.2 Å². The van der Waals surface area contributed by atoms with Crippen LogP contribution in [0.5, 0.6) is 0 Å². The maximum Gasteiger partial charge on any atom is 0.216 e. The Bertz CT molecular complexity index is 552. The molecule has 2 unspecified atom stereocenters. The molecule has 6 heteroatoms. The van der Waals surface area contributed by atoms with Gasteiger partial charge in [0.05, 0.1) is 0 Å². The zero-order valence-corrected chi connectivity index (χ0v) is 9.92. The maximum atomic E-state index is 10.8. The van der Waals surface area contributed by atoms with Gasteiger partial charge in [-0.05, 0) is 17.7 Å². The lowest BCUT2D eigenvalue weighted by Crippen LogP contribution is -2.34. The number of H-pyrrole nitrogens is 1. The standard InChI is InChI=1S/C12H15N3O3/c1-7(16)15-6-10(17)11(18)8-2-4-13-12-9(8)3-5-14-12/h2-5,10-11,17-18H,6H2,1H3,(H,13,14)(H,15,16). The minimum atomic E-state index is -1.07.